The number of aryl methyl sites for hydroxylation is 1. The van der Waals surface area contributed by atoms with Crippen molar-refractivity contribution in [1.29, 1.82) is 0 Å². The Labute approximate surface area is 106 Å². The van der Waals surface area contributed by atoms with E-state index in [1.165, 1.54) is 0 Å². The van der Waals surface area contributed by atoms with E-state index in [-0.39, 0.29) is 11.9 Å². The molecule has 0 atom stereocenters. The van der Waals surface area contributed by atoms with Crippen molar-refractivity contribution in [2.75, 3.05) is 5.73 Å². The van der Waals surface area contributed by atoms with Crippen molar-refractivity contribution in [3.63, 3.8) is 0 Å². The van der Waals surface area contributed by atoms with Crippen molar-refractivity contribution in [1.82, 2.24) is 10.3 Å². The highest BCUT2D eigenvalue weighted by Crippen LogP contribution is 2.26. The first-order valence-corrected chi connectivity index (χ1v) is 5.95. The molecule has 0 radical (unpaired) electrons. The lowest BCUT2D eigenvalue weighted by molar-refractivity contribution is 0.0940. The standard InChI is InChI=1S/C14H17N3O/c1-8(2)17-14(18)13-12-9(3)4-5-11(15)10(12)6-7-16-13/h4-8H,15H2,1-3H3,(H,17,18). The minimum atomic E-state index is -0.163. The lowest BCUT2D eigenvalue weighted by Gasteiger charge is -2.12. The fourth-order valence-corrected chi connectivity index (χ4v) is 1.99. The van der Waals surface area contributed by atoms with Gasteiger partial charge in [-0.1, -0.05) is 6.07 Å². The van der Waals surface area contributed by atoms with Crippen molar-refractivity contribution < 1.29 is 4.79 Å². The summed E-state index contributed by atoms with van der Waals surface area (Å²) < 4.78 is 0. The number of nitrogens with zero attached hydrogens (tertiary/aromatic N) is 1. The average Bonchev–Trinajstić information content (AvgIpc) is 2.32. The maximum atomic E-state index is 12.1. The Balaban J connectivity index is 2.65. The van der Waals surface area contributed by atoms with E-state index in [1.807, 2.05) is 39.0 Å². The van der Waals surface area contributed by atoms with Gasteiger partial charge in [0.25, 0.3) is 5.91 Å². The molecule has 2 aromatic rings. The number of anilines is 1. The number of carbonyl (C=O) groups is 1. The second-order valence-corrected chi connectivity index (χ2v) is 4.68. The molecule has 0 aliphatic rings. The van der Waals surface area contributed by atoms with Crippen LogP contribution >= 0.6 is 0 Å². The first-order chi connectivity index (χ1) is 8.50. The van der Waals surface area contributed by atoms with Crippen LogP contribution in [0.5, 0.6) is 0 Å². The molecule has 94 valence electrons. The summed E-state index contributed by atoms with van der Waals surface area (Å²) >= 11 is 0. The zero-order chi connectivity index (χ0) is 13.3. The molecule has 0 saturated carbocycles. The maximum absolute atomic E-state index is 12.1. The van der Waals surface area contributed by atoms with E-state index in [9.17, 15) is 4.79 Å². The molecule has 0 aliphatic heterocycles. The summed E-state index contributed by atoms with van der Waals surface area (Å²) in [5, 5.41) is 4.56. The van der Waals surface area contributed by atoms with Gasteiger partial charge in [0.2, 0.25) is 0 Å². The zero-order valence-corrected chi connectivity index (χ0v) is 10.8. The van der Waals surface area contributed by atoms with Crippen LogP contribution in [0.25, 0.3) is 10.8 Å². The molecule has 0 spiro atoms. The first-order valence-electron chi connectivity index (χ1n) is 5.95. The van der Waals surface area contributed by atoms with E-state index in [4.69, 9.17) is 5.73 Å². The highest BCUT2D eigenvalue weighted by molar-refractivity contribution is 6.09. The molecule has 1 amide bonds. The normalized spacial score (nSPS) is 10.9. The highest BCUT2D eigenvalue weighted by atomic mass is 16.1. The molecule has 0 bridgehead atoms. The van der Waals surface area contributed by atoms with E-state index in [0.717, 1.165) is 16.3 Å². The minimum absolute atomic E-state index is 0.0796. The van der Waals surface area contributed by atoms with Crippen molar-refractivity contribution in [2.45, 2.75) is 26.8 Å². The van der Waals surface area contributed by atoms with Crippen LogP contribution in [0, 0.1) is 6.92 Å². The van der Waals surface area contributed by atoms with Crippen LogP contribution in [0.15, 0.2) is 24.4 Å². The third-order valence-electron chi connectivity index (χ3n) is 2.80. The van der Waals surface area contributed by atoms with Gasteiger partial charge in [-0.25, -0.2) is 0 Å². The number of nitrogens with two attached hydrogens (primary N) is 1. The molecular formula is C14H17N3O. The molecule has 1 aromatic carbocycles. The predicted molar refractivity (Wildman–Crippen MR) is 73.5 cm³/mol. The van der Waals surface area contributed by atoms with Crippen LogP contribution in [-0.4, -0.2) is 16.9 Å². The Morgan fingerprint density at radius 3 is 2.72 bits per heavy atom. The number of benzene rings is 1. The average molecular weight is 243 g/mol. The van der Waals surface area contributed by atoms with Gasteiger partial charge >= 0.3 is 0 Å². The minimum Gasteiger partial charge on any atom is -0.398 e. The lowest BCUT2D eigenvalue weighted by atomic mass is 10.0. The predicted octanol–water partition coefficient (Wildman–Crippen LogP) is 2.26. The van der Waals surface area contributed by atoms with E-state index < -0.39 is 0 Å². The SMILES string of the molecule is Cc1ccc(N)c2ccnc(C(=O)NC(C)C)c12. The molecule has 0 saturated heterocycles. The van der Waals surface area contributed by atoms with Crippen LogP contribution in [0.4, 0.5) is 5.69 Å². The second-order valence-electron chi connectivity index (χ2n) is 4.68. The van der Waals surface area contributed by atoms with Gasteiger partial charge in [0, 0.05) is 28.7 Å². The Morgan fingerprint density at radius 1 is 1.33 bits per heavy atom. The van der Waals surface area contributed by atoms with Crippen molar-refractivity contribution >= 4 is 22.4 Å². The molecule has 1 heterocycles. The van der Waals surface area contributed by atoms with Crippen LogP contribution < -0.4 is 11.1 Å². The van der Waals surface area contributed by atoms with Gasteiger partial charge < -0.3 is 11.1 Å². The summed E-state index contributed by atoms with van der Waals surface area (Å²) in [4.78, 5) is 16.3. The number of rotatable bonds is 2. The fourth-order valence-electron chi connectivity index (χ4n) is 1.99. The first kappa shape index (κ1) is 12.4. The number of nitrogen functional groups attached to an aromatic ring is 1. The topological polar surface area (TPSA) is 68.0 Å². The van der Waals surface area contributed by atoms with Crippen LogP contribution in [0.2, 0.25) is 0 Å². The summed E-state index contributed by atoms with van der Waals surface area (Å²) in [7, 11) is 0. The van der Waals surface area contributed by atoms with Crippen molar-refractivity contribution in [3.8, 4) is 0 Å². The molecule has 4 nitrogen and oxygen atoms in total. The Hall–Kier alpha value is -2.10. The number of pyridine rings is 1. The number of nitrogens with one attached hydrogen (secondary N) is 1. The number of hydrogen-bond acceptors (Lipinski definition) is 3. The molecule has 18 heavy (non-hydrogen) atoms. The molecule has 0 aliphatic carbocycles. The summed E-state index contributed by atoms with van der Waals surface area (Å²) in [6.07, 6.45) is 1.62. The number of aromatic nitrogens is 1. The van der Waals surface area contributed by atoms with E-state index in [2.05, 4.69) is 10.3 Å². The Kier molecular flexibility index (Phi) is 3.19. The van der Waals surface area contributed by atoms with Crippen molar-refractivity contribution in [3.05, 3.63) is 35.7 Å². The molecular weight excluding hydrogens is 226 g/mol. The summed E-state index contributed by atoms with van der Waals surface area (Å²) in [5.41, 5.74) is 8.04. The number of fused-ring (bicyclic) bond motifs is 1. The summed E-state index contributed by atoms with van der Waals surface area (Å²) in [6.45, 7) is 5.80. The Bertz CT molecular complexity index is 605. The molecule has 0 unspecified atom stereocenters. The number of hydrogen-bond donors (Lipinski definition) is 2. The second kappa shape index (κ2) is 4.64. The smallest absolute Gasteiger partial charge is 0.270 e. The van der Waals surface area contributed by atoms with E-state index >= 15 is 0 Å². The molecule has 1 aromatic heterocycles. The largest absolute Gasteiger partial charge is 0.398 e. The lowest BCUT2D eigenvalue weighted by Crippen LogP contribution is -2.31. The molecule has 2 rings (SSSR count). The number of amides is 1. The van der Waals surface area contributed by atoms with E-state index in [1.54, 1.807) is 6.20 Å². The van der Waals surface area contributed by atoms with Gasteiger partial charge in [-0.3, -0.25) is 9.78 Å². The third-order valence-corrected chi connectivity index (χ3v) is 2.80. The van der Waals surface area contributed by atoms with Crippen LogP contribution in [0.1, 0.15) is 29.9 Å². The van der Waals surface area contributed by atoms with Gasteiger partial charge in [0.1, 0.15) is 5.69 Å². The van der Waals surface area contributed by atoms with Gasteiger partial charge in [-0.05, 0) is 38.5 Å². The number of carbonyl (C=O) groups excluding carboxylic acids is 1. The van der Waals surface area contributed by atoms with Gasteiger partial charge in [-0.15, -0.1) is 0 Å². The molecule has 4 heteroatoms. The van der Waals surface area contributed by atoms with Gasteiger partial charge in [0.05, 0.1) is 0 Å². The Morgan fingerprint density at radius 2 is 2.06 bits per heavy atom. The monoisotopic (exact) mass is 243 g/mol. The zero-order valence-electron chi connectivity index (χ0n) is 10.8. The van der Waals surface area contributed by atoms with E-state index in [0.29, 0.717) is 11.4 Å². The van der Waals surface area contributed by atoms with Gasteiger partial charge in [0.15, 0.2) is 0 Å². The summed E-state index contributed by atoms with van der Waals surface area (Å²) in [6, 6.07) is 5.67. The summed E-state index contributed by atoms with van der Waals surface area (Å²) in [5.74, 6) is -0.163. The molecule has 3 N–H and O–H groups in total. The highest BCUT2D eigenvalue weighted by Gasteiger charge is 2.15. The maximum Gasteiger partial charge on any atom is 0.270 e. The van der Waals surface area contributed by atoms with Crippen LogP contribution in [0.3, 0.4) is 0 Å². The van der Waals surface area contributed by atoms with Gasteiger partial charge in [-0.2, -0.15) is 0 Å². The fraction of sp³-hybridized carbons (Fsp3) is 0.286. The third kappa shape index (κ3) is 2.14. The van der Waals surface area contributed by atoms with Crippen LogP contribution in [-0.2, 0) is 0 Å². The molecule has 0 fully saturated rings. The quantitative estimate of drug-likeness (QED) is 0.795. The van der Waals surface area contributed by atoms with Crippen molar-refractivity contribution in [2.24, 2.45) is 0 Å².